The van der Waals surface area contributed by atoms with Crippen molar-refractivity contribution in [1.29, 1.82) is 0 Å². The van der Waals surface area contributed by atoms with Crippen molar-refractivity contribution in [3.63, 3.8) is 0 Å². The molecule has 2 aromatic rings. The predicted molar refractivity (Wildman–Crippen MR) is 91.8 cm³/mol. The van der Waals surface area contributed by atoms with Gasteiger partial charge >= 0.3 is 0 Å². The molecule has 0 bridgehead atoms. The third kappa shape index (κ3) is 4.34. The average Bonchev–Trinajstić information content (AvgIpc) is 2.79. The van der Waals surface area contributed by atoms with E-state index in [-0.39, 0.29) is 22.2 Å². The SMILES string of the molecule is Nc1cc(Cl)cc(S(=O)(=O)NCCc2ccc(Cl)s2)c1Br. The minimum Gasteiger partial charge on any atom is -0.398 e. The summed E-state index contributed by atoms with van der Waals surface area (Å²) in [6, 6.07) is 6.49. The second kappa shape index (κ2) is 6.85. The summed E-state index contributed by atoms with van der Waals surface area (Å²) in [7, 11) is -3.69. The van der Waals surface area contributed by atoms with E-state index in [9.17, 15) is 8.42 Å². The van der Waals surface area contributed by atoms with Crippen molar-refractivity contribution < 1.29 is 8.42 Å². The summed E-state index contributed by atoms with van der Waals surface area (Å²) in [4.78, 5) is 1.03. The Balaban J connectivity index is 2.12. The molecule has 21 heavy (non-hydrogen) atoms. The van der Waals surface area contributed by atoms with Gasteiger partial charge in [0.05, 0.1) is 13.7 Å². The number of halogens is 3. The fourth-order valence-corrected chi connectivity index (χ4v) is 5.06. The van der Waals surface area contributed by atoms with Gasteiger partial charge in [-0.2, -0.15) is 0 Å². The lowest BCUT2D eigenvalue weighted by Crippen LogP contribution is -2.26. The number of hydrogen-bond donors (Lipinski definition) is 2. The Bertz CT molecular complexity index is 763. The van der Waals surface area contributed by atoms with E-state index >= 15 is 0 Å². The van der Waals surface area contributed by atoms with Crippen molar-refractivity contribution in [2.75, 3.05) is 12.3 Å². The number of thiophene rings is 1. The van der Waals surface area contributed by atoms with Crippen LogP contribution in [-0.4, -0.2) is 15.0 Å². The van der Waals surface area contributed by atoms with Crippen LogP contribution in [0.2, 0.25) is 9.36 Å². The Hall–Kier alpha value is -0.310. The normalized spacial score (nSPS) is 11.8. The van der Waals surface area contributed by atoms with Crippen LogP contribution in [0.1, 0.15) is 4.88 Å². The molecule has 1 aromatic heterocycles. The molecule has 0 aliphatic heterocycles. The molecule has 0 saturated heterocycles. The van der Waals surface area contributed by atoms with Crippen LogP contribution in [0, 0.1) is 0 Å². The largest absolute Gasteiger partial charge is 0.398 e. The summed E-state index contributed by atoms with van der Waals surface area (Å²) < 4.78 is 28.1. The van der Waals surface area contributed by atoms with Crippen LogP contribution in [0.3, 0.4) is 0 Å². The van der Waals surface area contributed by atoms with E-state index in [1.54, 1.807) is 6.07 Å². The van der Waals surface area contributed by atoms with E-state index in [4.69, 9.17) is 28.9 Å². The highest BCUT2D eigenvalue weighted by Gasteiger charge is 2.19. The van der Waals surface area contributed by atoms with Crippen molar-refractivity contribution in [2.45, 2.75) is 11.3 Å². The summed E-state index contributed by atoms with van der Waals surface area (Å²) >= 11 is 16.3. The molecule has 1 heterocycles. The minimum absolute atomic E-state index is 0.0247. The summed E-state index contributed by atoms with van der Waals surface area (Å²) in [5.41, 5.74) is 5.98. The van der Waals surface area contributed by atoms with Gasteiger partial charge in [-0.05, 0) is 46.6 Å². The van der Waals surface area contributed by atoms with Gasteiger partial charge in [0.1, 0.15) is 0 Å². The van der Waals surface area contributed by atoms with Gasteiger partial charge < -0.3 is 5.73 Å². The fraction of sp³-hybridized carbons (Fsp3) is 0.167. The number of anilines is 1. The Morgan fingerprint density at radius 1 is 1.29 bits per heavy atom. The van der Waals surface area contributed by atoms with Crippen molar-refractivity contribution in [2.24, 2.45) is 0 Å². The van der Waals surface area contributed by atoms with E-state index in [1.807, 2.05) is 6.07 Å². The smallest absolute Gasteiger partial charge is 0.241 e. The molecule has 0 saturated carbocycles. The van der Waals surface area contributed by atoms with Crippen molar-refractivity contribution in [3.05, 3.63) is 43.0 Å². The van der Waals surface area contributed by atoms with Crippen LogP contribution >= 0.6 is 50.5 Å². The van der Waals surface area contributed by atoms with Crippen LogP contribution in [0.4, 0.5) is 5.69 Å². The Morgan fingerprint density at radius 3 is 2.62 bits per heavy atom. The predicted octanol–water partition coefficient (Wildman–Crippen LogP) is 3.92. The van der Waals surface area contributed by atoms with Gasteiger partial charge in [0.2, 0.25) is 10.0 Å². The molecule has 0 amide bonds. The third-order valence-corrected chi connectivity index (χ3v) is 6.76. The molecule has 1 aromatic carbocycles. The van der Waals surface area contributed by atoms with Crippen molar-refractivity contribution in [1.82, 2.24) is 4.72 Å². The summed E-state index contributed by atoms with van der Waals surface area (Å²) in [6.07, 6.45) is 0.560. The second-order valence-corrected chi connectivity index (χ2v) is 8.93. The second-order valence-electron chi connectivity index (χ2n) is 4.16. The van der Waals surface area contributed by atoms with Crippen LogP contribution in [0.15, 0.2) is 33.6 Å². The lowest BCUT2D eigenvalue weighted by molar-refractivity contribution is 0.581. The minimum atomic E-state index is -3.69. The highest BCUT2D eigenvalue weighted by molar-refractivity contribution is 9.10. The van der Waals surface area contributed by atoms with Crippen LogP contribution in [0.5, 0.6) is 0 Å². The highest BCUT2D eigenvalue weighted by atomic mass is 79.9. The Morgan fingerprint density at radius 2 is 2.00 bits per heavy atom. The van der Waals surface area contributed by atoms with Gasteiger partial charge in [0.25, 0.3) is 0 Å². The third-order valence-electron chi connectivity index (χ3n) is 2.61. The van der Waals surface area contributed by atoms with Gasteiger partial charge in [0, 0.05) is 22.1 Å². The first-order valence-electron chi connectivity index (χ1n) is 5.78. The van der Waals surface area contributed by atoms with Gasteiger partial charge in [-0.1, -0.05) is 23.2 Å². The summed E-state index contributed by atoms with van der Waals surface area (Å²) in [6.45, 7) is 0.262. The number of nitrogens with two attached hydrogens (primary N) is 1. The molecule has 0 radical (unpaired) electrons. The molecule has 9 heteroatoms. The summed E-state index contributed by atoms with van der Waals surface area (Å²) in [5.74, 6) is 0. The number of hydrogen-bond acceptors (Lipinski definition) is 4. The Labute approximate surface area is 145 Å². The molecule has 0 spiro atoms. The number of sulfonamides is 1. The van der Waals surface area contributed by atoms with E-state index in [0.29, 0.717) is 15.2 Å². The van der Waals surface area contributed by atoms with E-state index in [2.05, 4.69) is 20.7 Å². The molecule has 2 rings (SSSR count). The van der Waals surface area contributed by atoms with Gasteiger partial charge in [-0.15, -0.1) is 11.3 Å². The van der Waals surface area contributed by atoms with Crippen molar-refractivity contribution in [3.8, 4) is 0 Å². The zero-order valence-corrected chi connectivity index (χ0v) is 15.3. The molecular formula is C12H11BrCl2N2O2S2. The summed E-state index contributed by atoms with van der Waals surface area (Å²) in [5, 5.41) is 0.265. The van der Waals surface area contributed by atoms with Gasteiger partial charge in [0.15, 0.2) is 0 Å². The maximum absolute atomic E-state index is 12.3. The van der Waals surface area contributed by atoms with Gasteiger partial charge in [-0.3, -0.25) is 0 Å². The maximum Gasteiger partial charge on any atom is 0.241 e. The number of rotatable bonds is 5. The number of nitrogen functional groups attached to an aromatic ring is 1. The molecular weight excluding hydrogens is 419 g/mol. The van der Waals surface area contributed by atoms with Gasteiger partial charge in [-0.25, -0.2) is 13.1 Å². The molecule has 114 valence electrons. The van der Waals surface area contributed by atoms with E-state index in [1.165, 1.54) is 23.5 Å². The quantitative estimate of drug-likeness (QED) is 0.707. The van der Waals surface area contributed by atoms with E-state index < -0.39 is 10.0 Å². The lowest BCUT2D eigenvalue weighted by Gasteiger charge is -2.10. The monoisotopic (exact) mass is 428 g/mol. The van der Waals surface area contributed by atoms with E-state index in [0.717, 1.165) is 4.88 Å². The first kappa shape index (κ1) is 17.1. The zero-order valence-electron chi connectivity index (χ0n) is 10.6. The first-order valence-corrected chi connectivity index (χ1v) is 9.63. The molecule has 0 unspecified atom stereocenters. The highest BCUT2D eigenvalue weighted by Crippen LogP contribution is 2.31. The molecule has 0 fully saturated rings. The molecule has 0 aliphatic rings. The maximum atomic E-state index is 12.3. The molecule has 0 aliphatic carbocycles. The number of benzene rings is 1. The molecule has 4 nitrogen and oxygen atoms in total. The Kier molecular flexibility index (Phi) is 5.56. The molecule has 3 N–H and O–H groups in total. The molecule has 0 atom stereocenters. The first-order chi connectivity index (χ1) is 9.79. The fourth-order valence-electron chi connectivity index (χ4n) is 1.65. The topological polar surface area (TPSA) is 72.2 Å². The lowest BCUT2D eigenvalue weighted by atomic mass is 10.3. The standard InChI is InChI=1S/C12H11BrCl2N2O2S2/c13-12-9(16)5-7(14)6-10(12)21(18,19)17-4-3-8-1-2-11(15)20-8/h1-2,5-6,17H,3-4,16H2. The van der Waals surface area contributed by atoms with Crippen LogP contribution in [0.25, 0.3) is 0 Å². The van der Waals surface area contributed by atoms with Crippen molar-refractivity contribution >= 4 is 66.2 Å². The van der Waals surface area contributed by atoms with Crippen LogP contribution in [-0.2, 0) is 16.4 Å². The zero-order chi connectivity index (χ0) is 15.6. The average molecular weight is 430 g/mol. The number of nitrogens with one attached hydrogen (secondary N) is 1. The van der Waals surface area contributed by atoms with Crippen LogP contribution < -0.4 is 10.5 Å².